The van der Waals surface area contributed by atoms with Gasteiger partial charge in [-0.3, -0.25) is 9.44 Å². The molecule has 3 aromatic rings. The minimum absolute atomic E-state index is 0.0381. The molecule has 0 radical (unpaired) electrons. The van der Waals surface area contributed by atoms with Crippen LogP contribution in [-0.4, -0.2) is 33.9 Å². The Kier molecular flexibility index (Phi) is 5.94. The lowest BCUT2D eigenvalue weighted by Crippen LogP contribution is -2.15. The van der Waals surface area contributed by atoms with Crippen LogP contribution in [0.2, 0.25) is 0 Å². The Morgan fingerprint density at radius 2 is 1.30 bits per heavy atom. The normalized spacial score (nSPS) is 11.7. The van der Waals surface area contributed by atoms with Crippen molar-refractivity contribution in [1.82, 2.24) is 9.97 Å². The van der Waals surface area contributed by atoms with E-state index in [0.717, 1.165) is 0 Å². The number of rotatable bonds is 7. The van der Waals surface area contributed by atoms with E-state index < -0.39 is 20.0 Å². The van der Waals surface area contributed by atoms with Crippen molar-refractivity contribution in [2.45, 2.75) is 23.6 Å². The van der Waals surface area contributed by atoms with Crippen molar-refractivity contribution >= 4 is 31.6 Å². The molecular formula is C19H20N4O5S2. The van der Waals surface area contributed by atoms with E-state index in [1.807, 2.05) is 0 Å². The molecule has 0 atom stereocenters. The summed E-state index contributed by atoms with van der Waals surface area (Å²) in [4.78, 5) is 8.17. The highest BCUT2D eigenvalue weighted by Crippen LogP contribution is 2.21. The molecule has 0 amide bonds. The molecule has 30 heavy (non-hydrogen) atoms. The van der Waals surface area contributed by atoms with E-state index in [-0.39, 0.29) is 21.3 Å². The van der Waals surface area contributed by atoms with E-state index in [0.29, 0.717) is 17.3 Å². The lowest BCUT2D eigenvalue weighted by atomic mass is 10.3. The van der Waals surface area contributed by atoms with Crippen molar-refractivity contribution in [3.63, 3.8) is 0 Å². The molecule has 0 saturated heterocycles. The Hall–Kier alpha value is -3.18. The van der Waals surface area contributed by atoms with E-state index in [4.69, 9.17) is 4.74 Å². The molecule has 2 aromatic carbocycles. The van der Waals surface area contributed by atoms with E-state index in [9.17, 15) is 16.8 Å². The Bertz CT molecular complexity index is 1240. The Morgan fingerprint density at radius 3 is 1.83 bits per heavy atom. The van der Waals surface area contributed by atoms with Gasteiger partial charge in [-0.2, -0.15) is 0 Å². The maximum absolute atomic E-state index is 12.6. The third-order valence-electron chi connectivity index (χ3n) is 3.99. The highest BCUT2D eigenvalue weighted by molar-refractivity contribution is 7.93. The lowest BCUT2D eigenvalue weighted by Gasteiger charge is -2.11. The summed E-state index contributed by atoms with van der Waals surface area (Å²) >= 11 is 0. The molecule has 1 heterocycles. The van der Waals surface area contributed by atoms with Gasteiger partial charge in [0.05, 0.1) is 16.9 Å². The minimum atomic E-state index is -3.90. The van der Waals surface area contributed by atoms with E-state index in [1.54, 1.807) is 13.8 Å². The van der Waals surface area contributed by atoms with Gasteiger partial charge in [-0.1, -0.05) is 0 Å². The highest BCUT2D eigenvalue weighted by Gasteiger charge is 2.18. The summed E-state index contributed by atoms with van der Waals surface area (Å²) < 4.78 is 60.0. The van der Waals surface area contributed by atoms with Crippen LogP contribution in [0.25, 0.3) is 0 Å². The number of nitrogens with zero attached hydrogens (tertiary/aromatic N) is 2. The molecule has 0 aliphatic carbocycles. The number of sulfonamides is 2. The molecule has 0 spiro atoms. The van der Waals surface area contributed by atoms with Gasteiger partial charge in [0, 0.05) is 17.4 Å². The van der Waals surface area contributed by atoms with Crippen LogP contribution in [0.1, 0.15) is 11.5 Å². The molecule has 0 bridgehead atoms. The Morgan fingerprint density at radius 1 is 0.767 bits per heavy atom. The standard InChI is InChI=1S/C19H20N4O5S2/c1-13-12-19(21-14(2)20-13)23-30(26,27)17-8-4-15(5-9-17)22-29(24,25)18-10-6-16(28-3)7-11-18/h4-12,22H,1-3H3,(H,20,21,23). The number of benzene rings is 2. The predicted molar refractivity (Wildman–Crippen MR) is 113 cm³/mol. The summed E-state index contributed by atoms with van der Waals surface area (Å²) in [6.45, 7) is 3.39. The van der Waals surface area contributed by atoms with Crippen LogP contribution in [-0.2, 0) is 20.0 Å². The largest absolute Gasteiger partial charge is 0.497 e. The number of methoxy groups -OCH3 is 1. The highest BCUT2D eigenvalue weighted by atomic mass is 32.2. The quantitative estimate of drug-likeness (QED) is 0.569. The summed E-state index contributed by atoms with van der Waals surface area (Å²) in [5.41, 5.74) is 0.849. The Labute approximate surface area is 175 Å². The van der Waals surface area contributed by atoms with Gasteiger partial charge in [0.1, 0.15) is 17.4 Å². The molecule has 2 N–H and O–H groups in total. The number of aromatic nitrogens is 2. The second kappa shape index (κ2) is 8.28. The topological polar surface area (TPSA) is 127 Å². The van der Waals surface area contributed by atoms with Crippen LogP contribution in [0.4, 0.5) is 11.5 Å². The van der Waals surface area contributed by atoms with E-state index in [2.05, 4.69) is 19.4 Å². The Balaban J connectivity index is 1.78. The fraction of sp³-hybridized carbons (Fsp3) is 0.158. The van der Waals surface area contributed by atoms with Crippen LogP contribution >= 0.6 is 0 Å². The van der Waals surface area contributed by atoms with Crippen LogP contribution in [0.15, 0.2) is 64.4 Å². The molecule has 0 fully saturated rings. The first-order valence-corrected chi connectivity index (χ1v) is 11.7. The summed E-state index contributed by atoms with van der Waals surface area (Å²) in [6.07, 6.45) is 0. The monoisotopic (exact) mass is 448 g/mol. The zero-order valence-corrected chi connectivity index (χ0v) is 18.1. The van der Waals surface area contributed by atoms with E-state index in [1.165, 1.54) is 61.7 Å². The smallest absolute Gasteiger partial charge is 0.263 e. The number of anilines is 2. The second-order valence-electron chi connectivity index (χ2n) is 6.35. The molecule has 0 unspecified atom stereocenters. The molecule has 9 nitrogen and oxygen atoms in total. The first-order chi connectivity index (χ1) is 14.1. The fourth-order valence-corrected chi connectivity index (χ4v) is 4.69. The number of ether oxygens (including phenoxy) is 1. The van der Waals surface area contributed by atoms with Gasteiger partial charge in [-0.15, -0.1) is 0 Å². The third kappa shape index (κ3) is 5.05. The maximum atomic E-state index is 12.6. The first-order valence-electron chi connectivity index (χ1n) is 8.71. The van der Waals surface area contributed by atoms with Gasteiger partial charge in [0.15, 0.2) is 0 Å². The summed E-state index contributed by atoms with van der Waals surface area (Å²) in [5.74, 6) is 1.13. The maximum Gasteiger partial charge on any atom is 0.263 e. The van der Waals surface area contributed by atoms with Crippen molar-refractivity contribution in [1.29, 1.82) is 0 Å². The third-order valence-corrected chi connectivity index (χ3v) is 6.76. The van der Waals surface area contributed by atoms with Crippen LogP contribution in [0.3, 0.4) is 0 Å². The zero-order valence-electron chi connectivity index (χ0n) is 16.4. The first kappa shape index (κ1) is 21.5. The van der Waals surface area contributed by atoms with Gasteiger partial charge < -0.3 is 4.74 Å². The van der Waals surface area contributed by atoms with Crippen LogP contribution in [0, 0.1) is 13.8 Å². The van der Waals surface area contributed by atoms with Gasteiger partial charge in [0.2, 0.25) is 0 Å². The van der Waals surface area contributed by atoms with Crippen LogP contribution < -0.4 is 14.2 Å². The van der Waals surface area contributed by atoms with Crippen LogP contribution in [0.5, 0.6) is 5.75 Å². The van der Waals surface area contributed by atoms with Gasteiger partial charge in [0.25, 0.3) is 20.0 Å². The van der Waals surface area contributed by atoms with E-state index >= 15 is 0 Å². The van der Waals surface area contributed by atoms with Crippen molar-refractivity contribution in [3.8, 4) is 5.75 Å². The average Bonchev–Trinajstić information content (AvgIpc) is 2.67. The molecule has 0 aliphatic heterocycles. The average molecular weight is 449 g/mol. The second-order valence-corrected chi connectivity index (χ2v) is 9.72. The molecular weight excluding hydrogens is 428 g/mol. The SMILES string of the molecule is COc1ccc(S(=O)(=O)Nc2ccc(S(=O)(=O)Nc3cc(C)nc(C)n3)cc2)cc1. The number of nitrogens with one attached hydrogen (secondary N) is 2. The zero-order chi connectivity index (χ0) is 21.9. The van der Waals surface area contributed by atoms with Crippen molar-refractivity contribution < 1.29 is 21.6 Å². The number of hydrogen-bond donors (Lipinski definition) is 2. The predicted octanol–water partition coefficient (Wildman–Crippen LogP) is 2.70. The molecule has 1 aromatic heterocycles. The van der Waals surface area contributed by atoms with Crippen molar-refractivity contribution in [2.75, 3.05) is 16.6 Å². The summed E-state index contributed by atoms with van der Waals surface area (Å²) in [7, 11) is -6.25. The molecule has 158 valence electrons. The molecule has 3 rings (SSSR count). The summed E-state index contributed by atoms with van der Waals surface area (Å²) in [6, 6.07) is 12.7. The lowest BCUT2D eigenvalue weighted by molar-refractivity contribution is 0.414. The molecule has 11 heteroatoms. The number of aryl methyl sites for hydroxylation is 2. The van der Waals surface area contributed by atoms with Crippen molar-refractivity contribution in [2.24, 2.45) is 0 Å². The fourth-order valence-electron chi connectivity index (χ4n) is 2.64. The minimum Gasteiger partial charge on any atom is -0.497 e. The number of hydrogen-bond acceptors (Lipinski definition) is 7. The molecule has 0 saturated carbocycles. The van der Waals surface area contributed by atoms with Crippen molar-refractivity contribution in [3.05, 3.63) is 66.1 Å². The summed E-state index contributed by atoms with van der Waals surface area (Å²) in [5, 5.41) is 0. The van der Waals surface area contributed by atoms with Gasteiger partial charge in [-0.05, 0) is 62.4 Å². The van der Waals surface area contributed by atoms with Gasteiger partial charge in [-0.25, -0.2) is 26.8 Å². The molecule has 0 aliphatic rings. The van der Waals surface area contributed by atoms with Gasteiger partial charge >= 0.3 is 0 Å².